The Morgan fingerprint density at radius 2 is 1.36 bits per heavy atom. The first kappa shape index (κ1) is 20.0. The van der Waals surface area contributed by atoms with E-state index in [9.17, 15) is 0 Å². The Morgan fingerprint density at radius 3 is 1.76 bits per heavy atom. The molecule has 25 heavy (non-hydrogen) atoms. The van der Waals surface area contributed by atoms with Gasteiger partial charge in [-0.25, -0.2) is 0 Å². The minimum atomic E-state index is -1.80. The molecule has 1 nitrogen and oxygen atoms in total. The SMILES string of the molecule is COc1c(C(C)(C)C)cc(C)cc1[Si](C)(C)C1C(C)=C(C)C(C)=C1C. The summed E-state index contributed by atoms with van der Waals surface area (Å²) in [6, 6.07) is 4.70. The average Bonchev–Trinajstić information content (AvgIpc) is 2.69. The van der Waals surface area contributed by atoms with Crippen LogP contribution in [0.5, 0.6) is 5.75 Å². The van der Waals surface area contributed by atoms with E-state index in [4.69, 9.17) is 4.74 Å². The normalized spacial score (nSPS) is 16.9. The quantitative estimate of drug-likeness (QED) is 0.580. The van der Waals surface area contributed by atoms with Gasteiger partial charge in [0.25, 0.3) is 0 Å². The highest BCUT2D eigenvalue weighted by molar-refractivity contribution is 6.92. The molecule has 0 heterocycles. The predicted octanol–water partition coefficient (Wildman–Crippen LogP) is 6.27. The summed E-state index contributed by atoms with van der Waals surface area (Å²) in [6.45, 7) is 23.3. The number of aryl methyl sites for hydroxylation is 1. The van der Waals surface area contributed by atoms with Crippen molar-refractivity contribution in [3.63, 3.8) is 0 Å². The number of methoxy groups -OCH3 is 1. The average molecular weight is 357 g/mol. The molecule has 2 rings (SSSR count). The van der Waals surface area contributed by atoms with Gasteiger partial charge in [-0.05, 0) is 61.9 Å². The number of ether oxygens (including phenoxy) is 1. The van der Waals surface area contributed by atoms with Crippen molar-refractivity contribution in [3.8, 4) is 5.75 Å². The van der Waals surface area contributed by atoms with Crippen molar-refractivity contribution in [2.24, 2.45) is 0 Å². The standard InChI is InChI=1S/C23H36OSi/c1-14-12-19(23(6,7)8)21(24-9)20(13-14)25(10,11)22-17(4)15(2)16(3)18(22)5/h12-13,22H,1-11H3. The van der Waals surface area contributed by atoms with Gasteiger partial charge in [0.1, 0.15) is 5.75 Å². The fourth-order valence-corrected chi connectivity index (χ4v) is 8.95. The largest absolute Gasteiger partial charge is 0.497 e. The van der Waals surface area contributed by atoms with Gasteiger partial charge in [0.15, 0.2) is 0 Å². The minimum Gasteiger partial charge on any atom is -0.497 e. The van der Waals surface area contributed by atoms with E-state index in [0.717, 1.165) is 5.75 Å². The van der Waals surface area contributed by atoms with Crippen LogP contribution in [0.4, 0.5) is 0 Å². The molecule has 1 aliphatic carbocycles. The van der Waals surface area contributed by atoms with E-state index in [-0.39, 0.29) is 5.41 Å². The molecule has 0 bridgehead atoms. The maximum Gasteiger partial charge on any atom is 0.121 e. The van der Waals surface area contributed by atoms with Crippen LogP contribution in [0.25, 0.3) is 0 Å². The lowest BCUT2D eigenvalue weighted by molar-refractivity contribution is 0.400. The van der Waals surface area contributed by atoms with Gasteiger partial charge in [0, 0.05) is 5.54 Å². The Bertz CT molecular complexity index is 733. The van der Waals surface area contributed by atoms with Crippen LogP contribution in [0.1, 0.15) is 59.6 Å². The van der Waals surface area contributed by atoms with Crippen molar-refractivity contribution >= 4 is 13.3 Å². The second-order valence-electron chi connectivity index (χ2n) is 9.41. The molecule has 0 unspecified atom stereocenters. The summed E-state index contributed by atoms with van der Waals surface area (Å²) in [4.78, 5) is 0. The van der Waals surface area contributed by atoms with Crippen LogP contribution in [0.3, 0.4) is 0 Å². The lowest BCUT2D eigenvalue weighted by Gasteiger charge is -2.36. The van der Waals surface area contributed by atoms with Gasteiger partial charge < -0.3 is 4.74 Å². The maximum absolute atomic E-state index is 6.03. The highest BCUT2D eigenvalue weighted by Gasteiger charge is 2.42. The van der Waals surface area contributed by atoms with Crippen LogP contribution >= 0.6 is 0 Å². The number of allylic oxidation sites excluding steroid dienone is 4. The Labute approximate surface area is 156 Å². The molecule has 0 aliphatic heterocycles. The molecule has 1 aliphatic rings. The van der Waals surface area contributed by atoms with Gasteiger partial charge in [-0.15, -0.1) is 0 Å². The first-order chi connectivity index (χ1) is 11.3. The summed E-state index contributed by atoms with van der Waals surface area (Å²) in [5, 5.41) is 1.46. The molecule has 0 spiro atoms. The van der Waals surface area contributed by atoms with E-state index in [1.807, 2.05) is 7.11 Å². The smallest absolute Gasteiger partial charge is 0.121 e. The summed E-state index contributed by atoms with van der Waals surface area (Å²) in [6.07, 6.45) is 0. The fourth-order valence-electron chi connectivity index (χ4n) is 4.62. The van der Waals surface area contributed by atoms with Gasteiger partial charge >= 0.3 is 0 Å². The van der Waals surface area contributed by atoms with Crippen LogP contribution in [-0.2, 0) is 5.41 Å². The Balaban J connectivity index is 2.75. The molecule has 1 aromatic rings. The zero-order valence-electron chi connectivity index (χ0n) is 18.1. The molecule has 0 saturated heterocycles. The summed E-state index contributed by atoms with van der Waals surface area (Å²) in [5.41, 5.74) is 9.43. The first-order valence-electron chi connectivity index (χ1n) is 9.38. The second-order valence-corrected chi connectivity index (χ2v) is 14.0. The topological polar surface area (TPSA) is 9.23 Å². The van der Waals surface area contributed by atoms with Gasteiger partial charge in [-0.1, -0.05) is 62.7 Å². The van der Waals surface area contributed by atoms with Crippen molar-refractivity contribution in [2.45, 2.75) is 79.4 Å². The molecule has 1 aromatic carbocycles. The molecule has 0 N–H and O–H groups in total. The van der Waals surface area contributed by atoms with E-state index >= 15 is 0 Å². The third-order valence-electron chi connectivity index (χ3n) is 6.27. The molecule has 0 saturated carbocycles. The van der Waals surface area contributed by atoms with Crippen LogP contribution < -0.4 is 9.92 Å². The van der Waals surface area contributed by atoms with Gasteiger partial charge in [-0.2, -0.15) is 0 Å². The lowest BCUT2D eigenvalue weighted by atomic mass is 9.85. The van der Waals surface area contributed by atoms with Crippen LogP contribution in [-0.4, -0.2) is 15.2 Å². The molecule has 0 atom stereocenters. The monoisotopic (exact) mass is 356 g/mol. The van der Waals surface area contributed by atoms with Crippen molar-refractivity contribution in [3.05, 3.63) is 45.6 Å². The van der Waals surface area contributed by atoms with Gasteiger partial charge in [-0.3, -0.25) is 0 Å². The van der Waals surface area contributed by atoms with Gasteiger partial charge in [0.05, 0.1) is 15.2 Å². The van der Waals surface area contributed by atoms with E-state index < -0.39 is 8.07 Å². The Hall–Kier alpha value is -1.28. The van der Waals surface area contributed by atoms with Crippen molar-refractivity contribution in [1.82, 2.24) is 0 Å². The predicted molar refractivity (Wildman–Crippen MR) is 114 cm³/mol. The highest BCUT2D eigenvalue weighted by atomic mass is 28.3. The number of benzene rings is 1. The first-order valence-corrected chi connectivity index (χ1v) is 12.5. The van der Waals surface area contributed by atoms with E-state index in [1.54, 1.807) is 11.1 Å². The van der Waals surface area contributed by atoms with Crippen molar-refractivity contribution in [1.29, 1.82) is 0 Å². The third kappa shape index (κ3) is 3.26. The number of hydrogen-bond acceptors (Lipinski definition) is 1. The zero-order chi connectivity index (χ0) is 19.3. The van der Waals surface area contributed by atoms with Crippen molar-refractivity contribution in [2.75, 3.05) is 7.11 Å². The number of rotatable bonds is 3. The van der Waals surface area contributed by atoms with E-state index in [1.165, 1.54) is 27.5 Å². The van der Waals surface area contributed by atoms with Crippen LogP contribution in [0.15, 0.2) is 34.4 Å². The third-order valence-corrected chi connectivity index (χ3v) is 10.3. The molecular formula is C23H36OSi. The summed E-state index contributed by atoms with van der Waals surface area (Å²) in [7, 11) is 0.0338. The summed E-state index contributed by atoms with van der Waals surface area (Å²) >= 11 is 0. The molecule has 0 fully saturated rings. The van der Waals surface area contributed by atoms with Crippen LogP contribution in [0, 0.1) is 6.92 Å². The molecule has 0 amide bonds. The molecule has 0 radical (unpaired) electrons. The van der Waals surface area contributed by atoms with Crippen LogP contribution in [0.2, 0.25) is 18.6 Å². The zero-order valence-corrected chi connectivity index (χ0v) is 19.1. The second kappa shape index (κ2) is 6.46. The van der Waals surface area contributed by atoms with E-state index in [2.05, 4.69) is 80.6 Å². The molecular weight excluding hydrogens is 320 g/mol. The van der Waals surface area contributed by atoms with E-state index in [0.29, 0.717) is 5.54 Å². The van der Waals surface area contributed by atoms with Gasteiger partial charge in [0.2, 0.25) is 0 Å². The van der Waals surface area contributed by atoms with Crippen molar-refractivity contribution < 1.29 is 4.74 Å². The number of hydrogen-bond donors (Lipinski definition) is 0. The maximum atomic E-state index is 6.03. The highest BCUT2D eigenvalue weighted by Crippen LogP contribution is 2.47. The summed E-state index contributed by atoms with van der Waals surface area (Å²) < 4.78 is 6.03. The molecule has 138 valence electrons. The fraction of sp³-hybridized carbons (Fsp3) is 0.565. The molecule has 0 aromatic heterocycles. The Kier molecular flexibility index (Phi) is 5.18. The summed E-state index contributed by atoms with van der Waals surface area (Å²) in [5.74, 6) is 1.12. The minimum absolute atomic E-state index is 0.0773. The Morgan fingerprint density at radius 1 is 0.880 bits per heavy atom. The lowest BCUT2D eigenvalue weighted by Crippen LogP contribution is -2.48. The molecule has 2 heteroatoms.